The molecule has 0 saturated heterocycles. The fraction of sp³-hybridized carbons (Fsp3) is 0.150. The highest BCUT2D eigenvalue weighted by Gasteiger charge is 2.17. The second-order valence-electron chi connectivity index (χ2n) is 6.13. The number of rotatable bonds is 5. The van der Waals surface area contributed by atoms with Gasteiger partial charge in [0.15, 0.2) is 11.6 Å². The van der Waals surface area contributed by atoms with Crippen molar-refractivity contribution in [2.24, 2.45) is 0 Å². The van der Waals surface area contributed by atoms with Crippen LogP contribution >= 0.6 is 11.3 Å². The number of hydrogen-bond donors (Lipinski definition) is 2. The molecule has 4 rings (SSSR count). The number of fused-ring (bicyclic) bond motifs is 1. The van der Waals surface area contributed by atoms with Crippen LogP contribution in [0.5, 0.6) is 0 Å². The Morgan fingerprint density at radius 1 is 1.07 bits per heavy atom. The Hall–Kier alpha value is -3.39. The second kappa shape index (κ2) is 7.69. The van der Waals surface area contributed by atoms with E-state index in [1.54, 1.807) is 12.1 Å². The minimum absolute atomic E-state index is 0.125. The number of nitrogens with one attached hydrogen (secondary N) is 2. The highest BCUT2D eigenvalue weighted by molar-refractivity contribution is 7.17. The monoisotopic (exact) mass is 394 g/mol. The Balaban J connectivity index is 1.54. The average Bonchev–Trinajstić information content (AvgIpc) is 3.45. The van der Waals surface area contributed by atoms with E-state index in [9.17, 15) is 9.59 Å². The number of carbonyl (C=O) groups is 2. The van der Waals surface area contributed by atoms with Gasteiger partial charge >= 0.3 is 5.91 Å². The molecule has 0 aliphatic carbocycles. The molecule has 0 fully saturated rings. The third kappa shape index (κ3) is 3.41. The summed E-state index contributed by atoms with van der Waals surface area (Å²) in [6, 6.07) is 14.7. The van der Waals surface area contributed by atoms with Crippen molar-refractivity contribution < 1.29 is 14.0 Å². The van der Waals surface area contributed by atoms with Crippen LogP contribution in [0.15, 0.2) is 59.2 Å². The lowest BCUT2D eigenvalue weighted by Crippen LogP contribution is -2.41. The first-order chi connectivity index (χ1) is 13.7. The molecule has 3 heterocycles. The second-order valence-corrected chi connectivity index (χ2v) is 7.21. The van der Waals surface area contributed by atoms with Gasteiger partial charge in [0.25, 0.3) is 5.91 Å². The van der Waals surface area contributed by atoms with Crippen molar-refractivity contribution in [1.29, 1.82) is 0 Å². The molecule has 0 spiro atoms. The molecule has 0 bridgehead atoms. The first-order valence-electron chi connectivity index (χ1n) is 8.87. The van der Waals surface area contributed by atoms with Crippen LogP contribution in [-0.2, 0) is 6.54 Å². The van der Waals surface area contributed by atoms with Crippen LogP contribution < -0.4 is 10.9 Å². The quantitative estimate of drug-likeness (QED) is 0.503. The number of amides is 2. The van der Waals surface area contributed by atoms with Gasteiger partial charge in [-0.1, -0.05) is 19.1 Å². The van der Waals surface area contributed by atoms with Crippen molar-refractivity contribution in [2.75, 3.05) is 0 Å². The van der Waals surface area contributed by atoms with Crippen molar-refractivity contribution >= 4 is 34.2 Å². The molecule has 0 atom stereocenters. The molecule has 2 amide bonds. The molecule has 0 unspecified atom stereocenters. The smallest absolute Gasteiger partial charge is 0.305 e. The van der Waals surface area contributed by atoms with E-state index in [0.717, 1.165) is 34.7 Å². The number of benzene rings is 1. The van der Waals surface area contributed by atoms with Gasteiger partial charge in [-0.15, -0.1) is 11.3 Å². The Bertz CT molecular complexity index is 1130. The van der Waals surface area contributed by atoms with E-state index in [4.69, 9.17) is 9.40 Å². The van der Waals surface area contributed by atoms with E-state index in [1.807, 2.05) is 30.3 Å². The Labute approximate surface area is 165 Å². The third-order valence-corrected chi connectivity index (χ3v) is 5.27. The molecule has 7 nitrogen and oxygen atoms in total. The molecular weight excluding hydrogens is 376 g/mol. The number of furan rings is 1. The van der Waals surface area contributed by atoms with Gasteiger partial charge in [0.2, 0.25) is 0 Å². The van der Waals surface area contributed by atoms with Crippen molar-refractivity contribution in [1.82, 2.24) is 20.4 Å². The van der Waals surface area contributed by atoms with Crippen LogP contribution in [0.2, 0.25) is 0 Å². The molecule has 0 saturated carbocycles. The summed E-state index contributed by atoms with van der Waals surface area (Å²) in [4.78, 5) is 30.3. The molecule has 2 N–H and O–H groups in total. The van der Waals surface area contributed by atoms with E-state index < -0.39 is 11.8 Å². The van der Waals surface area contributed by atoms with Crippen LogP contribution in [-0.4, -0.2) is 21.4 Å². The third-order valence-electron chi connectivity index (χ3n) is 4.19. The Kier molecular flexibility index (Phi) is 4.94. The highest BCUT2D eigenvalue weighted by atomic mass is 32.1. The lowest BCUT2D eigenvalue weighted by atomic mass is 10.3. The first-order valence-corrected chi connectivity index (χ1v) is 9.68. The standard InChI is InChI=1S/C20H18N4O3S/c1-2-11-24-14-7-4-3-6-13(14)21-18(24)16-9-10-17(28-16)20(26)23-22-19(25)15-8-5-12-27-15/h3-10,12H,2,11H2,1H3,(H,22,25)(H,23,26). The van der Waals surface area contributed by atoms with E-state index in [0.29, 0.717) is 4.88 Å². The van der Waals surface area contributed by atoms with Crippen molar-refractivity contribution in [3.05, 3.63) is 65.4 Å². The normalized spacial score (nSPS) is 10.9. The number of aryl methyl sites for hydroxylation is 1. The topological polar surface area (TPSA) is 89.2 Å². The summed E-state index contributed by atoms with van der Waals surface area (Å²) in [7, 11) is 0. The maximum atomic E-state index is 12.4. The van der Waals surface area contributed by atoms with Crippen LogP contribution in [0.4, 0.5) is 0 Å². The van der Waals surface area contributed by atoms with E-state index in [-0.39, 0.29) is 5.76 Å². The number of thiophene rings is 1. The number of carbonyl (C=O) groups excluding carboxylic acids is 2. The summed E-state index contributed by atoms with van der Waals surface area (Å²) in [5.41, 5.74) is 6.74. The van der Waals surface area contributed by atoms with Crippen LogP contribution in [0.3, 0.4) is 0 Å². The lowest BCUT2D eigenvalue weighted by molar-refractivity contribution is 0.0833. The highest BCUT2D eigenvalue weighted by Crippen LogP contribution is 2.30. The maximum Gasteiger partial charge on any atom is 0.305 e. The summed E-state index contributed by atoms with van der Waals surface area (Å²) >= 11 is 1.33. The minimum Gasteiger partial charge on any atom is -0.459 e. The summed E-state index contributed by atoms with van der Waals surface area (Å²) in [6.45, 7) is 2.96. The predicted octanol–water partition coefficient (Wildman–Crippen LogP) is 3.84. The van der Waals surface area contributed by atoms with Gasteiger partial charge < -0.3 is 8.98 Å². The largest absolute Gasteiger partial charge is 0.459 e. The van der Waals surface area contributed by atoms with Gasteiger partial charge in [-0.3, -0.25) is 20.4 Å². The number of nitrogens with zero attached hydrogens (tertiary/aromatic N) is 2. The van der Waals surface area contributed by atoms with Crippen molar-refractivity contribution in [3.8, 4) is 10.7 Å². The molecule has 1 aromatic carbocycles. The zero-order chi connectivity index (χ0) is 19.5. The molecule has 0 aliphatic heterocycles. The average molecular weight is 394 g/mol. The van der Waals surface area contributed by atoms with Gasteiger partial charge in [-0.25, -0.2) is 4.98 Å². The number of aromatic nitrogens is 2. The molecule has 142 valence electrons. The molecule has 3 aromatic heterocycles. The minimum atomic E-state index is -0.514. The molecule has 0 aliphatic rings. The van der Waals surface area contributed by atoms with E-state index >= 15 is 0 Å². The Morgan fingerprint density at radius 2 is 1.89 bits per heavy atom. The number of hydrogen-bond acceptors (Lipinski definition) is 5. The van der Waals surface area contributed by atoms with Gasteiger partial charge in [-0.2, -0.15) is 0 Å². The predicted molar refractivity (Wildman–Crippen MR) is 107 cm³/mol. The SMILES string of the molecule is CCCn1c(-c2ccc(C(=O)NNC(=O)c3ccco3)s2)nc2ccccc21. The van der Waals surface area contributed by atoms with Gasteiger partial charge in [0.1, 0.15) is 0 Å². The Morgan fingerprint density at radius 3 is 2.68 bits per heavy atom. The van der Waals surface area contributed by atoms with Crippen LogP contribution in [0.1, 0.15) is 33.6 Å². The van der Waals surface area contributed by atoms with Crippen molar-refractivity contribution in [3.63, 3.8) is 0 Å². The van der Waals surface area contributed by atoms with E-state index in [2.05, 4.69) is 22.3 Å². The molecule has 8 heteroatoms. The summed E-state index contributed by atoms with van der Waals surface area (Å²) in [6.07, 6.45) is 2.37. The fourth-order valence-electron chi connectivity index (χ4n) is 2.94. The zero-order valence-electron chi connectivity index (χ0n) is 15.1. The van der Waals surface area contributed by atoms with Gasteiger partial charge in [0.05, 0.1) is 27.1 Å². The first kappa shape index (κ1) is 18.0. The number of hydrazine groups is 1. The van der Waals surface area contributed by atoms with Gasteiger partial charge in [0, 0.05) is 6.54 Å². The van der Waals surface area contributed by atoms with Crippen molar-refractivity contribution in [2.45, 2.75) is 19.9 Å². The van der Waals surface area contributed by atoms with Crippen LogP contribution in [0.25, 0.3) is 21.7 Å². The molecule has 28 heavy (non-hydrogen) atoms. The summed E-state index contributed by atoms with van der Waals surface area (Å²) < 4.78 is 7.16. The summed E-state index contributed by atoms with van der Waals surface area (Å²) in [5.74, 6) is 0.0568. The number of imidazole rings is 1. The van der Waals surface area contributed by atoms with Crippen LogP contribution in [0, 0.1) is 0 Å². The maximum absolute atomic E-state index is 12.4. The fourth-order valence-corrected chi connectivity index (χ4v) is 3.84. The number of para-hydroxylation sites is 2. The lowest BCUT2D eigenvalue weighted by Gasteiger charge is -2.06. The summed E-state index contributed by atoms with van der Waals surface area (Å²) in [5, 5.41) is 0. The molecule has 0 radical (unpaired) electrons. The molecule has 4 aromatic rings. The van der Waals surface area contributed by atoms with E-state index in [1.165, 1.54) is 23.7 Å². The van der Waals surface area contributed by atoms with Gasteiger partial charge in [-0.05, 0) is 42.8 Å². The zero-order valence-corrected chi connectivity index (χ0v) is 16.0. The molecular formula is C20H18N4O3S.